The van der Waals surface area contributed by atoms with Crippen LogP contribution >= 0.6 is 15.9 Å². The van der Waals surface area contributed by atoms with Crippen molar-refractivity contribution in [3.8, 4) is 0 Å². The highest BCUT2D eigenvalue weighted by Gasteiger charge is 2.23. The molecule has 2 aliphatic heterocycles. The molecular formula is C25H21BrN4O. The van der Waals surface area contributed by atoms with Crippen LogP contribution in [0.2, 0.25) is 0 Å². The minimum Gasteiger partial charge on any atom is -0.320 e. The topological polar surface area (TPSA) is 50.2 Å². The predicted octanol–water partition coefficient (Wildman–Crippen LogP) is 5.69. The maximum atomic E-state index is 13.3. The van der Waals surface area contributed by atoms with E-state index in [4.69, 9.17) is 0 Å². The molecular weight excluding hydrogens is 452 g/mol. The summed E-state index contributed by atoms with van der Waals surface area (Å²) in [6.45, 7) is 0.681. The van der Waals surface area contributed by atoms with E-state index >= 15 is 0 Å². The van der Waals surface area contributed by atoms with Crippen molar-refractivity contribution in [3.63, 3.8) is 0 Å². The molecule has 2 aromatic carbocycles. The Morgan fingerprint density at radius 1 is 1.03 bits per heavy atom. The molecule has 2 aliphatic rings. The van der Waals surface area contributed by atoms with Gasteiger partial charge in [0.05, 0.1) is 23.9 Å². The van der Waals surface area contributed by atoms with Gasteiger partial charge in [0.25, 0.3) is 5.91 Å². The van der Waals surface area contributed by atoms with E-state index in [0.717, 1.165) is 39.6 Å². The van der Waals surface area contributed by atoms with Crippen LogP contribution in [0.3, 0.4) is 0 Å². The van der Waals surface area contributed by atoms with Gasteiger partial charge < -0.3 is 10.2 Å². The normalized spacial score (nSPS) is 15.6. The number of nitrogens with one attached hydrogen (secondary N) is 1. The molecule has 0 fully saturated rings. The first kappa shape index (κ1) is 19.6. The highest BCUT2D eigenvalue weighted by atomic mass is 79.9. The van der Waals surface area contributed by atoms with Gasteiger partial charge in [-0.15, -0.1) is 0 Å². The molecule has 0 saturated heterocycles. The summed E-state index contributed by atoms with van der Waals surface area (Å²) in [5, 5.41) is 8.60. The molecule has 0 atom stereocenters. The van der Waals surface area contributed by atoms with Gasteiger partial charge in [-0.05, 0) is 58.6 Å². The molecule has 0 aliphatic carbocycles. The largest absolute Gasteiger partial charge is 0.320 e. The average Bonchev–Trinajstić information content (AvgIpc) is 3.07. The van der Waals surface area contributed by atoms with Gasteiger partial charge in [0, 0.05) is 21.8 Å². The summed E-state index contributed by atoms with van der Waals surface area (Å²) < 4.78 is 2.89. The van der Waals surface area contributed by atoms with Gasteiger partial charge in [-0.1, -0.05) is 48.6 Å². The number of halogens is 1. The number of carbonyl (C=O) groups is 1. The van der Waals surface area contributed by atoms with Gasteiger partial charge in [-0.3, -0.25) is 9.48 Å². The first-order valence-electron chi connectivity index (χ1n) is 10.2. The lowest BCUT2D eigenvalue weighted by atomic mass is 10.2. The molecule has 0 unspecified atom stereocenters. The second-order valence-electron chi connectivity index (χ2n) is 7.49. The van der Waals surface area contributed by atoms with Crippen LogP contribution in [0.5, 0.6) is 0 Å². The number of fused-ring (bicyclic) bond motifs is 2. The van der Waals surface area contributed by atoms with Crippen molar-refractivity contribution >= 4 is 38.4 Å². The molecule has 0 spiro atoms. The molecule has 3 heterocycles. The third-order valence-electron chi connectivity index (χ3n) is 5.40. The van der Waals surface area contributed by atoms with Crippen LogP contribution in [-0.2, 0) is 11.3 Å². The first-order valence-corrected chi connectivity index (χ1v) is 11.0. The van der Waals surface area contributed by atoms with Gasteiger partial charge in [-0.2, -0.15) is 5.10 Å². The molecule has 1 N–H and O–H groups in total. The quantitative estimate of drug-likeness (QED) is 0.530. The number of anilines is 1. The third kappa shape index (κ3) is 3.99. The maximum absolute atomic E-state index is 13.3. The number of carbonyl (C=O) groups excluding carboxylic acids is 1. The second-order valence-corrected chi connectivity index (χ2v) is 8.41. The highest BCUT2D eigenvalue weighted by molar-refractivity contribution is 9.11. The number of hydrogen-bond acceptors (Lipinski definition) is 3. The molecule has 5 nitrogen and oxygen atoms in total. The monoisotopic (exact) mass is 472 g/mol. The van der Waals surface area contributed by atoms with Crippen LogP contribution in [0, 0.1) is 0 Å². The zero-order chi connectivity index (χ0) is 21.2. The molecule has 31 heavy (non-hydrogen) atoms. The zero-order valence-electron chi connectivity index (χ0n) is 16.8. The smallest absolute Gasteiger partial charge is 0.272 e. The van der Waals surface area contributed by atoms with Crippen LogP contribution in [0.4, 0.5) is 5.69 Å². The van der Waals surface area contributed by atoms with Gasteiger partial charge in [0.2, 0.25) is 0 Å². The van der Waals surface area contributed by atoms with Crippen molar-refractivity contribution in [2.45, 2.75) is 19.4 Å². The molecule has 6 heteroatoms. The van der Waals surface area contributed by atoms with Crippen LogP contribution in [0.25, 0.3) is 10.9 Å². The van der Waals surface area contributed by atoms with E-state index in [-0.39, 0.29) is 5.91 Å². The lowest BCUT2D eigenvalue weighted by molar-refractivity contribution is -0.113. The Labute approximate surface area is 189 Å². The van der Waals surface area contributed by atoms with Crippen LogP contribution in [0.15, 0.2) is 101 Å². The Balaban J connectivity index is 1.43. The standard InChI is InChI=1S/C25H21BrN4O/c26-19-13-14-20-9-4-5-11-24(29(20)17-19)25(31)28-22-10-6-12-23-21(22)15-27-30(23)16-18-7-2-1-3-8-18/h1-3,6-15,17H,4-5,16H2,(H,28,31). The lowest BCUT2D eigenvalue weighted by Crippen LogP contribution is -2.27. The third-order valence-corrected chi connectivity index (χ3v) is 5.87. The minimum atomic E-state index is -0.136. The summed E-state index contributed by atoms with van der Waals surface area (Å²) in [5.74, 6) is -0.136. The van der Waals surface area contributed by atoms with E-state index in [9.17, 15) is 4.79 Å². The lowest BCUT2D eigenvalue weighted by Gasteiger charge is -2.26. The predicted molar refractivity (Wildman–Crippen MR) is 127 cm³/mol. The summed E-state index contributed by atoms with van der Waals surface area (Å²) in [7, 11) is 0. The summed E-state index contributed by atoms with van der Waals surface area (Å²) in [5.41, 5.74) is 4.56. The molecule has 0 bridgehead atoms. The van der Waals surface area contributed by atoms with Crippen molar-refractivity contribution in [1.29, 1.82) is 0 Å². The van der Waals surface area contributed by atoms with Crippen molar-refractivity contribution in [2.75, 3.05) is 5.32 Å². The van der Waals surface area contributed by atoms with Crippen molar-refractivity contribution in [1.82, 2.24) is 14.7 Å². The summed E-state index contributed by atoms with van der Waals surface area (Å²) in [6, 6.07) is 16.1. The van der Waals surface area contributed by atoms with Gasteiger partial charge in [-0.25, -0.2) is 0 Å². The van der Waals surface area contributed by atoms with Crippen molar-refractivity contribution in [2.24, 2.45) is 0 Å². The van der Waals surface area contributed by atoms with E-state index in [1.54, 1.807) is 0 Å². The molecule has 5 rings (SSSR count). The van der Waals surface area contributed by atoms with E-state index in [1.807, 2.05) is 76.6 Å². The van der Waals surface area contributed by atoms with E-state index in [0.29, 0.717) is 12.2 Å². The number of allylic oxidation sites excluding steroid dienone is 5. The fourth-order valence-corrected chi connectivity index (χ4v) is 4.23. The maximum Gasteiger partial charge on any atom is 0.272 e. The Hall–Kier alpha value is -3.38. The Morgan fingerprint density at radius 3 is 2.74 bits per heavy atom. The Morgan fingerprint density at radius 2 is 1.87 bits per heavy atom. The number of amides is 1. The zero-order valence-corrected chi connectivity index (χ0v) is 18.4. The summed E-state index contributed by atoms with van der Waals surface area (Å²) in [4.78, 5) is 15.2. The van der Waals surface area contributed by atoms with Gasteiger partial charge >= 0.3 is 0 Å². The molecule has 0 radical (unpaired) electrons. The first-order chi connectivity index (χ1) is 15.2. The van der Waals surface area contributed by atoms with Crippen LogP contribution in [-0.4, -0.2) is 20.6 Å². The SMILES string of the molecule is O=C(Nc1cccc2c1cnn2Cc1ccccc1)C1=CCCC=C2C=CC(Br)=CN21. The molecule has 1 amide bonds. The molecule has 0 saturated carbocycles. The van der Waals surface area contributed by atoms with Crippen molar-refractivity contribution < 1.29 is 4.79 Å². The van der Waals surface area contributed by atoms with Gasteiger partial charge in [0.15, 0.2) is 0 Å². The van der Waals surface area contributed by atoms with Crippen LogP contribution in [0.1, 0.15) is 18.4 Å². The fraction of sp³-hybridized carbons (Fsp3) is 0.120. The average molecular weight is 473 g/mol. The minimum absolute atomic E-state index is 0.136. The summed E-state index contributed by atoms with van der Waals surface area (Å²) in [6.07, 6.45) is 13.6. The Kier molecular flexibility index (Phi) is 5.30. The van der Waals surface area contributed by atoms with Gasteiger partial charge in [0.1, 0.15) is 5.70 Å². The number of nitrogens with zero attached hydrogens (tertiary/aromatic N) is 3. The van der Waals surface area contributed by atoms with E-state index in [1.165, 1.54) is 5.56 Å². The molecule has 1 aromatic heterocycles. The fourth-order valence-electron chi connectivity index (χ4n) is 3.89. The molecule has 154 valence electrons. The number of hydrogen-bond donors (Lipinski definition) is 1. The second kappa shape index (κ2) is 8.40. The number of benzene rings is 2. The van der Waals surface area contributed by atoms with E-state index in [2.05, 4.69) is 44.6 Å². The number of rotatable bonds is 4. The Bertz CT molecular complexity index is 1270. The van der Waals surface area contributed by atoms with Crippen LogP contribution < -0.4 is 5.32 Å². The molecule has 3 aromatic rings. The summed E-state index contributed by atoms with van der Waals surface area (Å²) >= 11 is 3.52. The van der Waals surface area contributed by atoms with E-state index < -0.39 is 0 Å². The highest BCUT2D eigenvalue weighted by Crippen LogP contribution is 2.30. The van der Waals surface area contributed by atoms with Crippen molar-refractivity contribution in [3.05, 3.63) is 107 Å². The number of aromatic nitrogens is 2.